The van der Waals surface area contributed by atoms with E-state index >= 15 is 0 Å². The Bertz CT molecular complexity index is 610. The molecule has 88 valence electrons. The van der Waals surface area contributed by atoms with Crippen molar-refractivity contribution in [3.63, 3.8) is 0 Å². The highest BCUT2D eigenvalue weighted by molar-refractivity contribution is 9.10. The molecule has 0 aliphatic heterocycles. The molecule has 0 bridgehead atoms. The quantitative estimate of drug-likeness (QED) is 0.873. The Morgan fingerprint density at radius 3 is 2.76 bits per heavy atom. The van der Waals surface area contributed by atoms with Crippen LogP contribution in [0.2, 0.25) is 0 Å². The second kappa shape index (κ2) is 4.68. The number of aromatic hydroxyl groups is 1. The van der Waals surface area contributed by atoms with E-state index in [1.807, 2.05) is 6.07 Å². The lowest BCUT2D eigenvalue weighted by atomic mass is 10.3. The predicted molar refractivity (Wildman–Crippen MR) is 65.1 cm³/mol. The predicted octanol–water partition coefficient (Wildman–Crippen LogP) is 1.19. The van der Waals surface area contributed by atoms with Crippen LogP contribution in [0.5, 0.6) is 5.75 Å². The van der Waals surface area contributed by atoms with Crippen molar-refractivity contribution in [3.8, 4) is 11.4 Å². The fraction of sp³-hybridized carbons (Fsp3) is 0.0909. The molecule has 0 amide bonds. The number of halogens is 1. The topological polar surface area (TPSA) is 75.3 Å². The van der Waals surface area contributed by atoms with Gasteiger partial charge in [0.05, 0.1) is 12.3 Å². The van der Waals surface area contributed by atoms with Gasteiger partial charge in [-0.3, -0.25) is 4.79 Å². The van der Waals surface area contributed by atoms with E-state index in [4.69, 9.17) is 5.11 Å². The Balaban J connectivity index is 2.63. The summed E-state index contributed by atoms with van der Waals surface area (Å²) in [7, 11) is 0. The number of aromatic nitrogens is 2. The number of aliphatic hydroxyl groups is 1. The molecule has 5 nitrogen and oxygen atoms in total. The molecular weight excluding hydrogens is 288 g/mol. The molecule has 0 saturated heterocycles. The van der Waals surface area contributed by atoms with Crippen LogP contribution in [0.1, 0.15) is 5.69 Å². The highest BCUT2D eigenvalue weighted by Gasteiger charge is 2.08. The van der Waals surface area contributed by atoms with E-state index in [-0.39, 0.29) is 11.4 Å². The van der Waals surface area contributed by atoms with Crippen LogP contribution in [-0.2, 0) is 6.61 Å². The van der Waals surface area contributed by atoms with Crippen molar-refractivity contribution in [1.29, 1.82) is 0 Å². The number of rotatable bonds is 2. The van der Waals surface area contributed by atoms with Crippen molar-refractivity contribution in [2.45, 2.75) is 6.61 Å². The van der Waals surface area contributed by atoms with Crippen molar-refractivity contribution < 1.29 is 10.2 Å². The Morgan fingerprint density at radius 2 is 2.12 bits per heavy atom. The van der Waals surface area contributed by atoms with E-state index < -0.39 is 12.2 Å². The third-order valence-corrected chi connectivity index (χ3v) is 2.68. The molecule has 2 aromatic rings. The molecule has 0 aliphatic carbocycles. The zero-order valence-electron chi connectivity index (χ0n) is 8.67. The lowest BCUT2D eigenvalue weighted by molar-refractivity contribution is 0.266. The van der Waals surface area contributed by atoms with Crippen molar-refractivity contribution >= 4 is 15.9 Å². The van der Waals surface area contributed by atoms with Crippen LogP contribution in [0.4, 0.5) is 0 Å². The Hall–Kier alpha value is -1.66. The third-order valence-electron chi connectivity index (χ3n) is 2.19. The monoisotopic (exact) mass is 296 g/mol. The van der Waals surface area contributed by atoms with Gasteiger partial charge in [-0.1, -0.05) is 22.0 Å². The second-order valence-corrected chi connectivity index (χ2v) is 4.28. The summed E-state index contributed by atoms with van der Waals surface area (Å²) in [6, 6.07) is 8.03. The summed E-state index contributed by atoms with van der Waals surface area (Å²) in [4.78, 5) is 11.7. The lowest BCUT2D eigenvalue weighted by Gasteiger charge is -2.07. The minimum Gasteiger partial charge on any atom is -0.506 e. The molecule has 0 saturated carbocycles. The summed E-state index contributed by atoms with van der Waals surface area (Å²) in [6.07, 6.45) is 0. The van der Waals surface area contributed by atoms with Gasteiger partial charge >= 0.3 is 0 Å². The summed E-state index contributed by atoms with van der Waals surface area (Å²) in [5, 5.41) is 22.2. The molecule has 0 spiro atoms. The highest BCUT2D eigenvalue weighted by Crippen LogP contribution is 2.15. The van der Waals surface area contributed by atoms with Gasteiger partial charge < -0.3 is 10.2 Å². The summed E-state index contributed by atoms with van der Waals surface area (Å²) >= 11 is 3.29. The maximum absolute atomic E-state index is 11.7. The molecule has 0 fully saturated rings. The normalized spacial score (nSPS) is 10.5. The number of benzene rings is 1. The van der Waals surface area contributed by atoms with E-state index in [2.05, 4.69) is 21.0 Å². The average Bonchev–Trinajstić information content (AvgIpc) is 2.29. The Kier molecular flexibility index (Phi) is 3.26. The summed E-state index contributed by atoms with van der Waals surface area (Å²) < 4.78 is 1.93. The average molecular weight is 297 g/mol. The van der Waals surface area contributed by atoms with Crippen LogP contribution >= 0.6 is 15.9 Å². The fourth-order valence-electron chi connectivity index (χ4n) is 1.39. The van der Waals surface area contributed by atoms with Crippen LogP contribution in [0.15, 0.2) is 39.6 Å². The Labute approximate surface area is 105 Å². The molecule has 1 aromatic heterocycles. The first-order valence-corrected chi connectivity index (χ1v) is 5.60. The van der Waals surface area contributed by atoms with Gasteiger partial charge in [0, 0.05) is 10.5 Å². The molecule has 0 radical (unpaired) electrons. The highest BCUT2D eigenvalue weighted by atomic mass is 79.9. The maximum atomic E-state index is 11.7. The number of hydrogen-bond acceptors (Lipinski definition) is 4. The summed E-state index contributed by atoms with van der Waals surface area (Å²) in [6.45, 7) is -0.430. The van der Waals surface area contributed by atoms with Gasteiger partial charge in [-0.15, -0.1) is 0 Å². The molecule has 0 unspecified atom stereocenters. The first-order valence-electron chi connectivity index (χ1n) is 4.81. The Morgan fingerprint density at radius 1 is 1.35 bits per heavy atom. The lowest BCUT2D eigenvalue weighted by Crippen LogP contribution is -2.21. The molecule has 1 aromatic carbocycles. The van der Waals surface area contributed by atoms with Crippen LogP contribution in [0.25, 0.3) is 5.69 Å². The molecule has 0 atom stereocenters. The SMILES string of the molecule is O=c1cc(O)c(CO)nn1-c1cccc(Br)c1. The summed E-state index contributed by atoms with van der Waals surface area (Å²) in [5.74, 6) is -0.302. The maximum Gasteiger partial charge on any atom is 0.275 e. The van der Waals surface area contributed by atoms with Crippen LogP contribution < -0.4 is 5.56 Å². The minimum atomic E-state index is -0.460. The van der Waals surface area contributed by atoms with Gasteiger partial charge in [-0.2, -0.15) is 9.78 Å². The van der Waals surface area contributed by atoms with Crippen molar-refractivity contribution in [2.75, 3.05) is 0 Å². The zero-order chi connectivity index (χ0) is 12.4. The first-order chi connectivity index (χ1) is 8.11. The zero-order valence-corrected chi connectivity index (χ0v) is 10.3. The van der Waals surface area contributed by atoms with Gasteiger partial charge in [-0.25, -0.2) is 0 Å². The molecule has 2 N–H and O–H groups in total. The van der Waals surface area contributed by atoms with Gasteiger partial charge in [0.1, 0.15) is 11.4 Å². The van der Waals surface area contributed by atoms with E-state index in [9.17, 15) is 9.90 Å². The van der Waals surface area contributed by atoms with Crippen molar-refractivity contribution in [2.24, 2.45) is 0 Å². The first kappa shape index (κ1) is 11.8. The molecule has 17 heavy (non-hydrogen) atoms. The van der Waals surface area contributed by atoms with Gasteiger partial charge in [0.15, 0.2) is 0 Å². The number of aliphatic hydroxyl groups excluding tert-OH is 1. The largest absolute Gasteiger partial charge is 0.506 e. The molecule has 1 heterocycles. The van der Waals surface area contributed by atoms with E-state index in [1.54, 1.807) is 18.2 Å². The number of nitrogens with zero attached hydrogens (tertiary/aromatic N) is 2. The van der Waals surface area contributed by atoms with Crippen molar-refractivity contribution in [3.05, 3.63) is 50.9 Å². The van der Waals surface area contributed by atoms with E-state index in [0.717, 1.165) is 15.2 Å². The van der Waals surface area contributed by atoms with Gasteiger partial charge in [0.25, 0.3) is 5.56 Å². The molecule has 0 aliphatic rings. The molecule has 2 rings (SSSR count). The van der Waals surface area contributed by atoms with E-state index in [0.29, 0.717) is 5.69 Å². The molecular formula is C11H9BrN2O3. The van der Waals surface area contributed by atoms with Crippen molar-refractivity contribution in [1.82, 2.24) is 9.78 Å². The van der Waals surface area contributed by atoms with Crippen LogP contribution in [0.3, 0.4) is 0 Å². The van der Waals surface area contributed by atoms with E-state index in [1.165, 1.54) is 0 Å². The second-order valence-electron chi connectivity index (χ2n) is 3.36. The minimum absolute atomic E-state index is 0.0598. The standard InChI is InChI=1S/C11H9BrN2O3/c12-7-2-1-3-8(4-7)14-11(17)5-10(16)9(6-15)13-14/h1-5,15-16H,6H2. The van der Waals surface area contributed by atoms with Gasteiger partial charge in [0.2, 0.25) is 0 Å². The smallest absolute Gasteiger partial charge is 0.275 e. The molecule has 6 heteroatoms. The number of hydrogen-bond donors (Lipinski definition) is 2. The fourth-order valence-corrected chi connectivity index (χ4v) is 1.78. The van der Waals surface area contributed by atoms with Gasteiger partial charge in [-0.05, 0) is 18.2 Å². The summed E-state index contributed by atoms with van der Waals surface area (Å²) in [5.41, 5.74) is 0.154. The third kappa shape index (κ3) is 2.37. The van der Waals surface area contributed by atoms with Crippen LogP contribution in [-0.4, -0.2) is 20.0 Å². The van der Waals surface area contributed by atoms with Crippen LogP contribution in [0, 0.1) is 0 Å².